The molecule has 2 aromatic rings. The number of benzene rings is 1. The van der Waals surface area contributed by atoms with Gasteiger partial charge in [0.2, 0.25) is 0 Å². The van der Waals surface area contributed by atoms with Gasteiger partial charge in [-0.15, -0.1) is 0 Å². The molecule has 1 heterocycles. The van der Waals surface area contributed by atoms with Gasteiger partial charge in [-0.2, -0.15) is 0 Å². The summed E-state index contributed by atoms with van der Waals surface area (Å²) in [5.41, 5.74) is 0.490. The summed E-state index contributed by atoms with van der Waals surface area (Å²) in [6.07, 6.45) is 6.59. The molecule has 0 amide bonds. The summed E-state index contributed by atoms with van der Waals surface area (Å²) < 4.78 is 32.4. The molecule has 0 saturated heterocycles. The Kier molecular flexibility index (Phi) is 3.95. The molecule has 4 rings (SSSR count). The number of methoxy groups -OCH3 is 1. The Hall–Kier alpha value is -2.48. The van der Waals surface area contributed by atoms with Crippen LogP contribution in [-0.2, 0) is 25.0 Å². The summed E-state index contributed by atoms with van der Waals surface area (Å²) in [4.78, 5) is 20.5. The Morgan fingerprint density at radius 1 is 1.15 bits per heavy atom. The molecule has 1 aromatic heterocycles. The molecule has 26 heavy (non-hydrogen) atoms. The summed E-state index contributed by atoms with van der Waals surface area (Å²) in [5.74, 6) is 0.895. The van der Waals surface area contributed by atoms with Gasteiger partial charge in [0.1, 0.15) is 5.82 Å². The summed E-state index contributed by atoms with van der Waals surface area (Å²) in [7, 11) is -2.38. The van der Waals surface area contributed by atoms with Crippen LogP contribution >= 0.6 is 0 Å². The fraction of sp³-hybridized carbons (Fsp3) is 0.389. The fourth-order valence-corrected chi connectivity index (χ4v) is 4.07. The second kappa shape index (κ2) is 6.05. The van der Waals surface area contributed by atoms with E-state index in [1.165, 1.54) is 31.6 Å². The molecule has 0 spiro atoms. The number of aromatic nitrogens is 2. The van der Waals surface area contributed by atoms with E-state index in [9.17, 15) is 13.2 Å². The maximum Gasteiger partial charge on any atom is 0.316 e. The third-order valence-corrected chi connectivity index (χ3v) is 6.31. The van der Waals surface area contributed by atoms with Gasteiger partial charge < -0.3 is 4.74 Å². The first kappa shape index (κ1) is 17.0. The Bertz CT molecular complexity index is 931. The second-order valence-corrected chi connectivity index (χ2v) is 8.49. The molecule has 0 atom stereocenters. The molecule has 0 aliphatic heterocycles. The lowest BCUT2D eigenvalue weighted by atomic mass is 9.96. The number of hydrogen-bond acceptors (Lipinski definition) is 6. The Labute approximate surface area is 151 Å². The molecule has 0 bridgehead atoms. The number of anilines is 1. The highest BCUT2D eigenvalue weighted by molar-refractivity contribution is 7.92. The van der Waals surface area contributed by atoms with Crippen LogP contribution in [0.5, 0.6) is 0 Å². The monoisotopic (exact) mass is 373 g/mol. The summed E-state index contributed by atoms with van der Waals surface area (Å²) in [5, 5.41) is 0. The minimum Gasteiger partial charge on any atom is -0.468 e. The number of nitrogens with one attached hydrogen (secondary N) is 1. The Morgan fingerprint density at radius 2 is 1.77 bits per heavy atom. The van der Waals surface area contributed by atoms with Gasteiger partial charge in [-0.3, -0.25) is 9.52 Å². The molecule has 2 aliphatic carbocycles. The maximum atomic E-state index is 12.5. The Balaban J connectivity index is 1.51. The zero-order valence-electron chi connectivity index (χ0n) is 14.3. The van der Waals surface area contributed by atoms with Crippen LogP contribution in [0.3, 0.4) is 0 Å². The number of sulfonamides is 1. The van der Waals surface area contributed by atoms with Crippen LogP contribution in [0.2, 0.25) is 0 Å². The van der Waals surface area contributed by atoms with Gasteiger partial charge in [0.15, 0.2) is 0 Å². The van der Waals surface area contributed by atoms with Gasteiger partial charge in [0.05, 0.1) is 35.5 Å². The van der Waals surface area contributed by atoms with Gasteiger partial charge in [-0.1, -0.05) is 12.1 Å². The largest absolute Gasteiger partial charge is 0.468 e. The predicted molar refractivity (Wildman–Crippen MR) is 94.2 cm³/mol. The normalized spacial score (nSPS) is 18.2. The topological polar surface area (TPSA) is 98.2 Å². The van der Waals surface area contributed by atoms with Gasteiger partial charge in [-0.25, -0.2) is 18.4 Å². The van der Waals surface area contributed by atoms with Crippen LogP contribution < -0.4 is 4.72 Å². The zero-order valence-corrected chi connectivity index (χ0v) is 15.1. The molecular weight excluding hydrogens is 354 g/mol. The summed E-state index contributed by atoms with van der Waals surface area (Å²) in [6, 6.07) is 6.34. The minimum atomic E-state index is -3.74. The van der Waals surface area contributed by atoms with Gasteiger partial charge >= 0.3 is 5.97 Å². The number of esters is 1. The van der Waals surface area contributed by atoms with E-state index >= 15 is 0 Å². The molecule has 0 radical (unpaired) electrons. The highest BCUT2D eigenvalue weighted by atomic mass is 32.2. The van der Waals surface area contributed by atoms with Crippen LogP contribution in [0.1, 0.15) is 43.0 Å². The standard InChI is InChI=1S/C18H19N3O4S/c1-25-17(22)18(8-9-18)13-4-6-15(7-5-13)26(23,24)21-14-10-19-16(20-11-14)12-2-3-12/h4-7,10-12,21H,2-3,8-9H2,1H3. The van der Waals surface area contributed by atoms with Gasteiger partial charge in [-0.05, 0) is 43.4 Å². The fourth-order valence-electron chi connectivity index (χ4n) is 3.04. The molecule has 0 unspecified atom stereocenters. The van der Waals surface area contributed by atoms with Crippen molar-refractivity contribution in [3.8, 4) is 0 Å². The van der Waals surface area contributed by atoms with Crippen LogP contribution in [0.25, 0.3) is 0 Å². The number of carbonyl (C=O) groups excluding carboxylic acids is 1. The lowest BCUT2D eigenvalue weighted by Gasteiger charge is -2.14. The third kappa shape index (κ3) is 3.05. The molecule has 7 nitrogen and oxygen atoms in total. The zero-order chi connectivity index (χ0) is 18.4. The predicted octanol–water partition coefficient (Wildman–Crippen LogP) is 2.36. The van der Waals surface area contributed by atoms with Crippen molar-refractivity contribution >= 4 is 21.7 Å². The third-order valence-electron chi connectivity index (χ3n) is 4.91. The first-order valence-corrected chi connectivity index (χ1v) is 9.97. The average Bonchev–Trinajstić information content (AvgIpc) is 3.55. The van der Waals surface area contributed by atoms with E-state index in [-0.39, 0.29) is 10.9 Å². The van der Waals surface area contributed by atoms with E-state index in [2.05, 4.69) is 14.7 Å². The van der Waals surface area contributed by atoms with E-state index in [1.807, 2.05) is 0 Å². The highest BCUT2D eigenvalue weighted by Gasteiger charge is 2.52. The van der Waals surface area contributed by atoms with Crippen LogP contribution in [0.15, 0.2) is 41.6 Å². The lowest BCUT2D eigenvalue weighted by Crippen LogP contribution is -2.22. The van der Waals surface area contributed by atoms with E-state index in [1.54, 1.807) is 12.1 Å². The Morgan fingerprint density at radius 3 is 2.27 bits per heavy atom. The van der Waals surface area contributed by atoms with E-state index < -0.39 is 15.4 Å². The van der Waals surface area contributed by atoms with Gasteiger partial charge in [0, 0.05) is 5.92 Å². The molecule has 1 N–H and O–H groups in total. The molecule has 2 fully saturated rings. The maximum absolute atomic E-state index is 12.5. The molecule has 1 aromatic carbocycles. The van der Waals surface area contributed by atoms with Crippen molar-refractivity contribution in [1.29, 1.82) is 0 Å². The quantitative estimate of drug-likeness (QED) is 0.781. The van der Waals surface area contributed by atoms with Crippen molar-refractivity contribution in [3.63, 3.8) is 0 Å². The van der Waals surface area contributed by atoms with E-state index in [0.29, 0.717) is 24.4 Å². The van der Waals surface area contributed by atoms with Crippen LogP contribution in [0, 0.1) is 0 Å². The van der Waals surface area contributed by atoms with Crippen molar-refractivity contribution in [2.45, 2.75) is 41.9 Å². The molecule has 136 valence electrons. The van der Waals surface area contributed by atoms with Crippen molar-refractivity contribution in [2.24, 2.45) is 0 Å². The first-order chi connectivity index (χ1) is 12.4. The molecular formula is C18H19N3O4S. The SMILES string of the molecule is COC(=O)C1(c2ccc(S(=O)(=O)Nc3cnc(C4CC4)nc3)cc2)CC1. The van der Waals surface area contributed by atoms with E-state index in [0.717, 1.165) is 24.2 Å². The smallest absolute Gasteiger partial charge is 0.316 e. The van der Waals surface area contributed by atoms with E-state index in [4.69, 9.17) is 4.74 Å². The van der Waals surface area contributed by atoms with Crippen molar-refractivity contribution in [2.75, 3.05) is 11.8 Å². The van der Waals surface area contributed by atoms with Crippen molar-refractivity contribution < 1.29 is 17.9 Å². The van der Waals surface area contributed by atoms with Crippen LogP contribution in [0.4, 0.5) is 5.69 Å². The summed E-state index contributed by atoms with van der Waals surface area (Å²) >= 11 is 0. The second-order valence-electron chi connectivity index (χ2n) is 6.81. The highest BCUT2D eigenvalue weighted by Crippen LogP contribution is 2.49. The van der Waals surface area contributed by atoms with Crippen LogP contribution in [-0.4, -0.2) is 31.5 Å². The number of hydrogen-bond donors (Lipinski definition) is 1. The van der Waals surface area contributed by atoms with Crippen molar-refractivity contribution in [1.82, 2.24) is 9.97 Å². The molecule has 2 saturated carbocycles. The number of nitrogens with zero attached hydrogens (tertiary/aromatic N) is 2. The average molecular weight is 373 g/mol. The molecule has 2 aliphatic rings. The van der Waals surface area contributed by atoms with Crippen molar-refractivity contribution in [3.05, 3.63) is 48.0 Å². The number of carbonyl (C=O) groups is 1. The lowest BCUT2D eigenvalue weighted by molar-refractivity contribution is -0.143. The number of ether oxygens (including phenoxy) is 1. The number of rotatable bonds is 6. The molecule has 8 heteroatoms. The first-order valence-electron chi connectivity index (χ1n) is 8.48. The summed E-state index contributed by atoms with van der Waals surface area (Å²) in [6.45, 7) is 0. The minimum absolute atomic E-state index is 0.119. The van der Waals surface area contributed by atoms with Gasteiger partial charge in [0.25, 0.3) is 10.0 Å².